The van der Waals surface area contributed by atoms with Gasteiger partial charge in [-0.1, -0.05) is 0 Å². The van der Waals surface area contributed by atoms with Gasteiger partial charge in [0.1, 0.15) is 17.5 Å². The van der Waals surface area contributed by atoms with Crippen molar-refractivity contribution in [1.29, 1.82) is 0 Å². The second-order valence-electron chi connectivity index (χ2n) is 5.26. The van der Waals surface area contributed by atoms with Crippen molar-refractivity contribution in [3.8, 4) is 0 Å². The van der Waals surface area contributed by atoms with Crippen LogP contribution in [-0.4, -0.2) is 60.8 Å². The molecule has 1 aromatic rings. The number of nitrogens with zero attached hydrogens (tertiary/aromatic N) is 3. The molecule has 0 radical (unpaired) electrons. The molecule has 6 heteroatoms. The summed E-state index contributed by atoms with van der Waals surface area (Å²) in [7, 11) is 2.12. The number of ether oxygens (including phenoxy) is 1. The standard InChI is InChI=1S/C14H25N5O/c1-5-15-13-10(2)14(18-11(3)17-13)16-8-12-9-19(4)6-7-20-12/h12H,5-9H2,1-4H3,(H2,15,16,17,18). The van der Waals surface area contributed by atoms with Gasteiger partial charge in [0, 0.05) is 31.7 Å². The monoisotopic (exact) mass is 279 g/mol. The van der Waals surface area contributed by atoms with E-state index in [1.807, 2.05) is 13.8 Å². The van der Waals surface area contributed by atoms with Crippen molar-refractivity contribution in [2.75, 3.05) is 50.5 Å². The molecule has 1 aromatic heterocycles. The highest BCUT2D eigenvalue weighted by Crippen LogP contribution is 2.20. The number of hydrogen-bond donors (Lipinski definition) is 2. The first-order valence-corrected chi connectivity index (χ1v) is 7.23. The van der Waals surface area contributed by atoms with Crippen LogP contribution in [0.1, 0.15) is 18.3 Å². The first-order valence-electron chi connectivity index (χ1n) is 7.23. The third-order valence-corrected chi connectivity index (χ3v) is 3.44. The van der Waals surface area contributed by atoms with Crippen LogP contribution in [0.15, 0.2) is 0 Å². The minimum atomic E-state index is 0.214. The third-order valence-electron chi connectivity index (χ3n) is 3.44. The normalized spacial score (nSPS) is 19.9. The summed E-state index contributed by atoms with van der Waals surface area (Å²) >= 11 is 0. The molecule has 0 bridgehead atoms. The Morgan fingerprint density at radius 3 is 2.60 bits per heavy atom. The molecule has 0 aromatic carbocycles. The van der Waals surface area contributed by atoms with E-state index in [4.69, 9.17) is 4.74 Å². The predicted molar refractivity (Wildman–Crippen MR) is 81.4 cm³/mol. The minimum Gasteiger partial charge on any atom is -0.374 e. The molecule has 1 unspecified atom stereocenters. The van der Waals surface area contributed by atoms with Gasteiger partial charge >= 0.3 is 0 Å². The molecule has 0 aliphatic carbocycles. The Morgan fingerprint density at radius 1 is 1.25 bits per heavy atom. The van der Waals surface area contributed by atoms with Crippen LogP contribution in [0, 0.1) is 13.8 Å². The van der Waals surface area contributed by atoms with Gasteiger partial charge in [0.2, 0.25) is 0 Å². The van der Waals surface area contributed by atoms with Gasteiger partial charge in [-0.2, -0.15) is 0 Å². The van der Waals surface area contributed by atoms with Crippen LogP contribution in [0.2, 0.25) is 0 Å². The smallest absolute Gasteiger partial charge is 0.134 e. The number of aromatic nitrogens is 2. The van der Waals surface area contributed by atoms with E-state index in [-0.39, 0.29) is 6.10 Å². The lowest BCUT2D eigenvalue weighted by Gasteiger charge is -2.30. The number of hydrogen-bond acceptors (Lipinski definition) is 6. The molecule has 1 aliphatic rings. The van der Waals surface area contributed by atoms with E-state index in [9.17, 15) is 0 Å². The van der Waals surface area contributed by atoms with Gasteiger partial charge in [0.05, 0.1) is 12.7 Å². The zero-order valence-electron chi connectivity index (χ0n) is 12.9. The van der Waals surface area contributed by atoms with Gasteiger partial charge in [0.15, 0.2) is 0 Å². The quantitative estimate of drug-likeness (QED) is 0.846. The maximum Gasteiger partial charge on any atom is 0.134 e. The van der Waals surface area contributed by atoms with E-state index < -0.39 is 0 Å². The molecule has 1 aliphatic heterocycles. The maximum atomic E-state index is 5.75. The van der Waals surface area contributed by atoms with E-state index >= 15 is 0 Å². The highest BCUT2D eigenvalue weighted by molar-refractivity contribution is 5.57. The van der Waals surface area contributed by atoms with Gasteiger partial charge in [-0.25, -0.2) is 9.97 Å². The average Bonchev–Trinajstić information content (AvgIpc) is 2.41. The highest BCUT2D eigenvalue weighted by atomic mass is 16.5. The van der Waals surface area contributed by atoms with Gasteiger partial charge in [-0.3, -0.25) is 0 Å². The van der Waals surface area contributed by atoms with Crippen molar-refractivity contribution in [2.45, 2.75) is 26.9 Å². The second-order valence-corrected chi connectivity index (χ2v) is 5.26. The van der Waals surface area contributed by atoms with Gasteiger partial charge in [-0.15, -0.1) is 0 Å². The highest BCUT2D eigenvalue weighted by Gasteiger charge is 2.18. The Balaban J connectivity index is 2.01. The molecule has 2 heterocycles. The number of likely N-dealkylation sites (N-methyl/N-ethyl adjacent to an activating group) is 1. The maximum absolute atomic E-state index is 5.75. The number of anilines is 2. The lowest BCUT2D eigenvalue weighted by atomic mass is 10.2. The van der Waals surface area contributed by atoms with Crippen LogP contribution in [0.5, 0.6) is 0 Å². The summed E-state index contributed by atoms with van der Waals surface area (Å²) in [5.41, 5.74) is 1.06. The van der Waals surface area contributed by atoms with E-state index in [0.29, 0.717) is 0 Å². The number of rotatable bonds is 5. The fourth-order valence-corrected chi connectivity index (χ4v) is 2.34. The first kappa shape index (κ1) is 15.0. The second kappa shape index (κ2) is 6.85. The fourth-order valence-electron chi connectivity index (χ4n) is 2.34. The van der Waals surface area contributed by atoms with E-state index in [0.717, 1.165) is 55.8 Å². The lowest BCUT2D eigenvalue weighted by Crippen LogP contribution is -2.43. The Morgan fingerprint density at radius 2 is 1.95 bits per heavy atom. The Hall–Kier alpha value is -1.40. The molecule has 20 heavy (non-hydrogen) atoms. The molecule has 0 spiro atoms. The van der Waals surface area contributed by atoms with E-state index in [1.165, 1.54) is 0 Å². The molecule has 1 atom stereocenters. The lowest BCUT2D eigenvalue weighted by molar-refractivity contribution is -0.0117. The third kappa shape index (κ3) is 3.80. The van der Waals surface area contributed by atoms with Crippen molar-refractivity contribution in [2.24, 2.45) is 0 Å². The van der Waals surface area contributed by atoms with E-state index in [1.54, 1.807) is 0 Å². The predicted octanol–water partition coefficient (Wildman–Crippen LogP) is 1.27. The number of morpholine rings is 1. The Kier molecular flexibility index (Phi) is 5.14. The van der Waals surface area contributed by atoms with Gasteiger partial charge in [-0.05, 0) is 27.8 Å². The van der Waals surface area contributed by atoms with Crippen molar-refractivity contribution in [3.05, 3.63) is 11.4 Å². The van der Waals surface area contributed by atoms with Gasteiger partial charge < -0.3 is 20.3 Å². The minimum absolute atomic E-state index is 0.214. The van der Waals surface area contributed by atoms with Crippen LogP contribution < -0.4 is 10.6 Å². The first-order chi connectivity index (χ1) is 9.60. The molecule has 1 saturated heterocycles. The van der Waals surface area contributed by atoms with Crippen LogP contribution in [-0.2, 0) is 4.74 Å². The van der Waals surface area contributed by atoms with Gasteiger partial charge in [0.25, 0.3) is 0 Å². The molecule has 0 saturated carbocycles. The largest absolute Gasteiger partial charge is 0.374 e. The summed E-state index contributed by atoms with van der Waals surface area (Å²) in [6, 6.07) is 0. The average molecular weight is 279 g/mol. The van der Waals surface area contributed by atoms with Crippen LogP contribution in [0.3, 0.4) is 0 Å². The number of nitrogens with one attached hydrogen (secondary N) is 2. The Bertz CT molecular complexity index is 451. The topological polar surface area (TPSA) is 62.3 Å². The van der Waals surface area contributed by atoms with Crippen molar-refractivity contribution < 1.29 is 4.74 Å². The van der Waals surface area contributed by atoms with E-state index in [2.05, 4.69) is 39.5 Å². The molecule has 2 N–H and O–H groups in total. The van der Waals surface area contributed by atoms with Crippen molar-refractivity contribution in [1.82, 2.24) is 14.9 Å². The zero-order chi connectivity index (χ0) is 14.5. The molecule has 1 fully saturated rings. The SMILES string of the molecule is CCNc1nc(C)nc(NCC2CN(C)CCO2)c1C. The molecule has 6 nitrogen and oxygen atoms in total. The van der Waals surface area contributed by atoms with Crippen LogP contribution >= 0.6 is 0 Å². The van der Waals surface area contributed by atoms with Crippen LogP contribution in [0.4, 0.5) is 11.6 Å². The zero-order valence-corrected chi connectivity index (χ0v) is 12.9. The molecular formula is C14H25N5O. The number of aryl methyl sites for hydroxylation is 1. The van der Waals surface area contributed by atoms with Crippen molar-refractivity contribution in [3.63, 3.8) is 0 Å². The summed E-state index contributed by atoms with van der Waals surface area (Å²) in [5, 5.41) is 6.67. The Labute approximate surface area is 120 Å². The summed E-state index contributed by atoms with van der Waals surface area (Å²) in [5.74, 6) is 2.57. The van der Waals surface area contributed by atoms with Crippen molar-refractivity contribution >= 4 is 11.6 Å². The molecule has 112 valence electrons. The summed E-state index contributed by atoms with van der Waals surface area (Å²) < 4.78 is 5.75. The summed E-state index contributed by atoms with van der Waals surface area (Å²) in [4.78, 5) is 11.2. The molecule has 0 amide bonds. The summed E-state index contributed by atoms with van der Waals surface area (Å²) in [6.45, 7) is 10.4. The molecular weight excluding hydrogens is 254 g/mol. The fraction of sp³-hybridized carbons (Fsp3) is 0.714. The van der Waals surface area contributed by atoms with Crippen LogP contribution in [0.25, 0.3) is 0 Å². The molecule has 2 rings (SSSR count). The summed E-state index contributed by atoms with van der Waals surface area (Å²) in [6.07, 6.45) is 0.214.